The second kappa shape index (κ2) is 4.36. The van der Waals surface area contributed by atoms with Crippen molar-refractivity contribution in [1.29, 1.82) is 0 Å². The summed E-state index contributed by atoms with van der Waals surface area (Å²) in [7, 11) is 0. The molecule has 3 heteroatoms. The first-order chi connectivity index (χ1) is 7.35. The fourth-order valence-electron chi connectivity index (χ4n) is 1.76. The molecule has 0 aliphatic heterocycles. The summed E-state index contributed by atoms with van der Waals surface area (Å²) < 4.78 is 5.56. The molecule has 80 valence electrons. The first-order valence-corrected chi connectivity index (χ1v) is 5.28. The zero-order valence-electron chi connectivity index (χ0n) is 8.92. The summed E-state index contributed by atoms with van der Waals surface area (Å²) in [4.78, 5) is 3.34. The van der Waals surface area contributed by atoms with E-state index >= 15 is 0 Å². The minimum atomic E-state index is 0.663. The predicted molar refractivity (Wildman–Crippen MR) is 62.2 cm³/mol. The van der Waals surface area contributed by atoms with Crippen LogP contribution in [0.1, 0.15) is 12.6 Å². The average Bonchev–Trinajstić information content (AvgIpc) is 2.62. The maximum absolute atomic E-state index is 5.56. The minimum Gasteiger partial charge on any atom is -0.493 e. The Hall–Kier alpha value is -1.48. The molecular weight excluding hydrogens is 188 g/mol. The molecule has 0 fully saturated rings. The van der Waals surface area contributed by atoms with Gasteiger partial charge in [0.15, 0.2) is 0 Å². The number of hydrogen-bond donors (Lipinski definition) is 2. The highest BCUT2D eigenvalue weighted by Crippen LogP contribution is 2.26. The van der Waals surface area contributed by atoms with Crippen LogP contribution in [-0.2, 0) is 6.42 Å². The normalized spacial score (nSPS) is 10.8. The summed E-state index contributed by atoms with van der Waals surface area (Å²) >= 11 is 0. The Bertz CT molecular complexity index is 448. The Morgan fingerprint density at radius 3 is 3.00 bits per heavy atom. The highest BCUT2D eigenvalue weighted by molar-refractivity contribution is 5.86. The number of fused-ring (bicyclic) bond motifs is 1. The molecule has 0 saturated heterocycles. The van der Waals surface area contributed by atoms with Crippen molar-refractivity contribution in [3.05, 3.63) is 30.0 Å². The molecule has 0 aliphatic carbocycles. The van der Waals surface area contributed by atoms with E-state index in [2.05, 4.69) is 17.1 Å². The molecule has 1 aromatic heterocycles. The molecule has 0 atom stereocenters. The van der Waals surface area contributed by atoms with Crippen LogP contribution in [0.3, 0.4) is 0 Å². The maximum Gasteiger partial charge on any atom is 0.128 e. The molecule has 1 aromatic carbocycles. The molecule has 3 N–H and O–H groups in total. The monoisotopic (exact) mass is 204 g/mol. The third-order valence-corrected chi connectivity index (χ3v) is 2.39. The van der Waals surface area contributed by atoms with Crippen molar-refractivity contribution in [2.75, 3.05) is 13.2 Å². The number of nitrogens with two attached hydrogens (primary N) is 1. The van der Waals surface area contributed by atoms with Gasteiger partial charge in [-0.15, -0.1) is 0 Å². The summed E-state index contributed by atoms with van der Waals surface area (Å²) in [5, 5.41) is 1.14. The van der Waals surface area contributed by atoms with Crippen molar-refractivity contribution < 1.29 is 4.74 Å². The zero-order valence-corrected chi connectivity index (χ0v) is 8.92. The number of aromatic nitrogens is 1. The van der Waals surface area contributed by atoms with E-state index in [0.29, 0.717) is 13.2 Å². The lowest BCUT2D eigenvalue weighted by Crippen LogP contribution is -2.02. The Kier molecular flexibility index (Phi) is 2.92. The largest absolute Gasteiger partial charge is 0.493 e. The molecule has 0 unspecified atom stereocenters. The van der Waals surface area contributed by atoms with Crippen LogP contribution in [-0.4, -0.2) is 18.1 Å². The van der Waals surface area contributed by atoms with E-state index in [-0.39, 0.29) is 0 Å². The number of benzene rings is 1. The number of nitrogens with one attached hydrogen (secondary N) is 1. The predicted octanol–water partition coefficient (Wildman–Crippen LogP) is 2.07. The van der Waals surface area contributed by atoms with Crippen molar-refractivity contribution in [1.82, 2.24) is 4.98 Å². The third kappa shape index (κ3) is 1.97. The number of hydrogen-bond acceptors (Lipinski definition) is 2. The Morgan fingerprint density at radius 2 is 2.27 bits per heavy atom. The Balaban J connectivity index is 2.44. The van der Waals surface area contributed by atoms with Crippen LogP contribution in [0.5, 0.6) is 5.75 Å². The minimum absolute atomic E-state index is 0.663. The van der Waals surface area contributed by atoms with Crippen LogP contribution in [0, 0.1) is 0 Å². The van der Waals surface area contributed by atoms with Crippen LogP contribution < -0.4 is 10.5 Å². The molecular formula is C12H16N2O. The van der Waals surface area contributed by atoms with Crippen molar-refractivity contribution in [3.8, 4) is 5.75 Å². The van der Waals surface area contributed by atoms with Gasteiger partial charge in [-0.3, -0.25) is 0 Å². The van der Waals surface area contributed by atoms with E-state index < -0.39 is 0 Å². The zero-order chi connectivity index (χ0) is 10.7. The fourth-order valence-corrected chi connectivity index (χ4v) is 1.76. The molecule has 0 amide bonds. The molecule has 0 aliphatic rings. The van der Waals surface area contributed by atoms with Gasteiger partial charge in [0.05, 0.1) is 6.61 Å². The van der Waals surface area contributed by atoms with Gasteiger partial charge < -0.3 is 15.5 Å². The van der Waals surface area contributed by atoms with Crippen LogP contribution in [0.2, 0.25) is 0 Å². The highest BCUT2D eigenvalue weighted by Gasteiger charge is 2.05. The van der Waals surface area contributed by atoms with E-state index in [1.54, 1.807) is 0 Å². The van der Waals surface area contributed by atoms with Crippen molar-refractivity contribution in [3.63, 3.8) is 0 Å². The van der Waals surface area contributed by atoms with Crippen LogP contribution in [0.4, 0.5) is 0 Å². The topological polar surface area (TPSA) is 51.0 Å². The first-order valence-electron chi connectivity index (χ1n) is 5.28. The summed E-state index contributed by atoms with van der Waals surface area (Å²) in [5.41, 5.74) is 7.81. The Labute approximate surface area is 89.2 Å². The van der Waals surface area contributed by atoms with Gasteiger partial charge in [0.2, 0.25) is 0 Å². The Morgan fingerprint density at radius 1 is 1.40 bits per heavy atom. The van der Waals surface area contributed by atoms with E-state index in [9.17, 15) is 0 Å². The van der Waals surface area contributed by atoms with Gasteiger partial charge in [0.25, 0.3) is 0 Å². The summed E-state index contributed by atoms with van der Waals surface area (Å²) in [6.07, 6.45) is 0.875. The molecule has 0 radical (unpaired) electrons. The quantitative estimate of drug-likeness (QED) is 0.801. The van der Waals surface area contributed by atoms with Crippen LogP contribution >= 0.6 is 0 Å². The molecule has 0 saturated carbocycles. The lowest BCUT2D eigenvalue weighted by molar-refractivity contribution is 0.344. The van der Waals surface area contributed by atoms with Crippen molar-refractivity contribution >= 4 is 10.9 Å². The number of H-pyrrole nitrogens is 1. The van der Waals surface area contributed by atoms with Gasteiger partial charge >= 0.3 is 0 Å². The summed E-state index contributed by atoms with van der Waals surface area (Å²) in [5.74, 6) is 0.939. The molecule has 3 nitrogen and oxygen atoms in total. The lowest BCUT2D eigenvalue weighted by atomic mass is 10.2. The SMILES string of the molecule is CCOc1cccc2[nH]c(CCN)cc12. The molecule has 1 heterocycles. The van der Waals surface area contributed by atoms with Crippen LogP contribution in [0.25, 0.3) is 10.9 Å². The molecule has 0 spiro atoms. The second-order valence-electron chi connectivity index (χ2n) is 3.48. The summed E-state index contributed by atoms with van der Waals surface area (Å²) in [6, 6.07) is 8.16. The van der Waals surface area contributed by atoms with Gasteiger partial charge in [-0.2, -0.15) is 0 Å². The summed E-state index contributed by atoms with van der Waals surface area (Å²) in [6.45, 7) is 3.35. The third-order valence-electron chi connectivity index (χ3n) is 2.39. The van der Waals surface area contributed by atoms with Gasteiger partial charge in [-0.1, -0.05) is 6.07 Å². The van der Waals surface area contributed by atoms with Gasteiger partial charge in [0.1, 0.15) is 5.75 Å². The lowest BCUT2D eigenvalue weighted by Gasteiger charge is -2.02. The van der Waals surface area contributed by atoms with E-state index in [1.165, 1.54) is 5.69 Å². The first kappa shape index (κ1) is 10.1. The van der Waals surface area contributed by atoms with Gasteiger partial charge in [-0.25, -0.2) is 0 Å². The number of aromatic amines is 1. The van der Waals surface area contributed by atoms with E-state index in [4.69, 9.17) is 10.5 Å². The van der Waals surface area contributed by atoms with Crippen LogP contribution in [0.15, 0.2) is 24.3 Å². The number of ether oxygens (including phenoxy) is 1. The molecule has 0 bridgehead atoms. The highest BCUT2D eigenvalue weighted by atomic mass is 16.5. The number of rotatable bonds is 4. The van der Waals surface area contributed by atoms with E-state index in [0.717, 1.165) is 23.1 Å². The molecule has 2 aromatic rings. The average molecular weight is 204 g/mol. The van der Waals surface area contributed by atoms with Crippen molar-refractivity contribution in [2.45, 2.75) is 13.3 Å². The smallest absolute Gasteiger partial charge is 0.128 e. The maximum atomic E-state index is 5.56. The second-order valence-corrected chi connectivity index (χ2v) is 3.48. The molecule has 15 heavy (non-hydrogen) atoms. The van der Waals surface area contributed by atoms with Gasteiger partial charge in [0, 0.05) is 16.6 Å². The molecule has 2 rings (SSSR count). The van der Waals surface area contributed by atoms with Crippen molar-refractivity contribution in [2.24, 2.45) is 5.73 Å². The van der Waals surface area contributed by atoms with Gasteiger partial charge in [-0.05, 0) is 38.1 Å². The fraction of sp³-hybridized carbons (Fsp3) is 0.333. The standard InChI is InChI=1S/C12H16N2O/c1-2-15-12-5-3-4-11-10(12)8-9(14-11)6-7-13/h3-5,8,14H,2,6-7,13H2,1H3. The van der Waals surface area contributed by atoms with E-state index in [1.807, 2.05) is 19.1 Å².